The fourth-order valence-electron chi connectivity index (χ4n) is 1.51. The highest BCUT2D eigenvalue weighted by Gasteiger charge is 2.10. The molecule has 0 aromatic heterocycles. The van der Waals surface area contributed by atoms with Crippen molar-refractivity contribution in [3.05, 3.63) is 35.9 Å². The molecule has 0 fully saturated rings. The topological polar surface area (TPSA) is 85.2 Å². The summed E-state index contributed by atoms with van der Waals surface area (Å²) in [7, 11) is 0. The molecule has 1 atom stereocenters. The SMILES string of the molecule is N#CCCNC(=O)CNC(CO)c1ccccc1. The third-order valence-electron chi connectivity index (χ3n) is 2.45. The van der Waals surface area contributed by atoms with Gasteiger partial charge in [0.2, 0.25) is 5.91 Å². The van der Waals surface area contributed by atoms with Gasteiger partial charge in [-0.1, -0.05) is 30.3 Å². The summed E-state index contributed by atoms with van der Waals surface area (Å²) in [5.41, 5.74) is 0.935. The maximum absolute atomic E-state index is 11.4. The van der Waals surface area contributed by atoms with Crippen LogP contribution in [0.25, 0.3) is 0 Å². The average Bonchev–Trinajstić information content (AvgIpc) is 2.41. The summed E-state index contributed by atoms with van der Waals surface area (Å²) >= 11 is 0. The Morgan fingerprint density at radius 1 is 1.39 bits per heavy atom. The summed E-state index contributed by atoms with van der Waals surface area (Å²) in [4.78, 5) is 11.4. The van der Waals surface area contributed by atoms with E-state index in [0.717, 1.165) is 5.56 Å². The number of carbonyl (C=O) groups is 1. The Labute approximate surface area is 106 Å². The number of aliphatic hydroxyl groups excluding tert-OH is 1. The normalized spacial score (nSPS) is 11.6. The standard InChI is InChI=1S/C13H17N3O2/c14-7-4-8-15-13(18)9-16-12(10-17)11-5-2-1-3-6-11/h1-3,5-6,12,16-17H,4,8-10H2,(H,15,18). The average molecular weight is 247 g/mol. The van der Waals surface area contributed by atoms with Crippen LogP contribution in [0.5, 0.6) is 0 Å². The number of aliphatic hydroxyl groups is 1. The molecule has 0 saturated heterocycles. The van der Waals surface area contributed by atoms with Crippen LogP contribution in [0.2, 0.25) is 0 Å². The van der Waals surface area contributed by atoms with Gasteiger partial charge in [-0.05, 0) is 5.56 Å². The van der Waals surface area contributed by atoms with Crippen LogP contribution >= 0.6 is 0 Å². The van der Waals surface area contributed by atoms with Gasteiger partial charge in [0.05, 0.1) is 31.7 Å². The van der Waals surface area contributed by atoms with Crippen LogP contribution in [0.4, 0.5) is 0 Å². The molecule has 1 unspecified atom stereocenters. The van der Waals surface area contributed by atoms with Gasteiger partial charge in [0, 0.05) is 6.54 Å². The van der Waals surface area contributed by atoms with Gasteiger partial charge >= 0.3 is 0 Å². The lowest BCUT2D eigenvalue weighted by Gasteiger charge is -2.16. The third kappa shape index (κ3) is 4.95. The van der Waals surface area contributed by atoms with Crippen molar-refractivity contribution in [1.29, 1.82) is 5.26 Å². The first-order chi connectivity index (χ1) is 8.77. The second-order valence-electron chi connectivity index (χ2n) is 3.78. The van der Waals surface area contributed by atoms with Crippen LogP contribution in [-0.4, -0.2) is 30.7 Å². The number of nitrogens with one attached hydrogen (secondary N) is 2. The Kier molecular flexibility index (Phi) is 6.47. The Hall–Kier alpha value is -1.90. The van der Waals surface area contributed by atoms with Gasteiger partial charge in [0.25, 0.3) is 0 Å². The van der Waals surface area contributed by atoms with Gasteiger partial charge in [0.1, 0.15) is 0 Å². The van der Waals surface area contributed by atoms with E-state index in [2.05, 4.69) is 10.6 Å². The van der Waals surface area contributed by atoms with Gasteiger partial charge in [-0.15, -0.1) is 0 Å². The van der Waals surface area contributed by atoms with E-state index in [0.29, 0.717) is 13.0 Å². The molecule has 0 saturated carbocycles. The van der Waals surface area contributed by atoms with Crippen molar-refractivity contribution in [3.63, 3.8) is 0 Å². The number of hydrogen-bond acceptors (Lipinski definition) is 4. The first-order valence-electron chi connectivity index (χ1n) is 5.80. The predicted octanol–water partition coefficient (Wildman–Crippen LogP) is 0.339. The molecule has 1 rings (SSSR count). The zero-order valence-corrected chi connectivity index (χ0v) is 10.1. The fraction of sp³-hybridized carbons (Fsp3) is 0.385. The first-order valence-corrected chi connectivity index (χ1v) is 5.80. The molecule has 0 bridgehead atoms. The zero-order valence-electron chi connectivity index (χ0n) is 10.1. The van der Waals surface area contributed by atoms with E-state index in [9.17, 15) is 9.90 Å². The molecule has 18 heavy (non-hydrogen) atoms. The first kappa shape index (κ1) is 14.2. The van der Waals surface area contributed by atoms with Crippen LogP contribution in [0.15, 0.2) is 30.3 Å². The molecule has 1 aromatic carbocycles. The summed E-state index contributed by atoms with van der Waals surface area (Å²) in [6, 6.07) is 11.1. The lowest BCUT2D eigenvalue weighted by molar-refractivity contribution is -0.120. The Morgan fingerprint density at radius 2 is 2.11 bits per heavy atom. The maximum Gasteiger partial charge on any atom is 0.234 e. The number of nitrogens with zero attached hydrogens (tertiary/aromatic N) is 1. The predicted molar refractivity (Wildman–Crippen MR) is 67.5 cm³/mol. The van der Waals surface area contributed by atoms with Crippen molar-refractivity contribution >= 4 is 5.91 Å². The number of amides is 1. The summed E-state index contributed by atoms with van der Waals surface area (Å²) in [6.45, 7) is 0.396. The molecule has 5 heteroatoms. The van der Waals surface area contributed by atoms with Gasteiger partial charge < -0.3 is 10.4 Å². The Balaban J connectivity index is 2.36. The van der Waals surface area contributed by atoms with Crippen LogP contribution in [0.1, 0.15) is 18.0 Å². The largest absolute Gasteiger partial charge is 0.394 e. The van der Waals surface area contributed by atoms with Gasteiger partial charge in [-0.25, -0.2) is 0 Å². The minimum Gasteiger partial charge on any atom is -0.394 e. The van der Waals surface area contributed by atoms with E-state index in [4.69, 9.17) is 5.26 Å². The highest BCUT2D eigenvalue weighted by atomic mass is 16.3. The monoisotopic (exact) mass is 247 g/mol. The van der Waals surface area contributed by atoms with Crippen molar-refractivity contribution in [2.24, 2.45) is 0 Å². The van der Waals surface area contributed by atoms with Crippen molar-refractivity contribution in [1.82, 2.24) is 10.6 Å². The minimum absolute atomic E-state index is 0.0739. The molecule has 1 amide bonds. The fourth-order valence-corrected chi connectivity index (χ4v) is 1.51. The number of benzene rings is 1. The van der Waals surface area contributed by atoms with Crippen LogP contribution in [0, 0.1) is 11.3 Å². The zero-order chi connectivity index (χ0) is 13.2. The molecule has 0 spiro atoms. The van der Waals surface area contributed by atoms with Crippen molar-refractivity contribution in [2.75, 3.05) is 19.7 Å². The van der Waals surface area contributed by atoms with E-state index >= 15 is 0 Å². The Morgan fingerprint density at radius 3 is 2.72 bits per heavy atom. The second kappa shape index (κ2) is 8.23. The number of nitriles is 1. The van der Waals surface area contributed by atoms with Crippen LogP contribution in [0.3, 0.4) is 0 Å². The van der Waals surface area contributed by atoms with E-state index in [1.165, 1.54) is 0 Å². The maximum atomic E-state index is 11.4. The second-order valence-corrected chi connectivity index (χ2v) is 3.78. The molecular formula is C13H17N3O2. The van der Waals surface area contributed by atoms with Gasteiger partial charge in [-0.2, -0.15) is 5.26 Å². The molecule has 0 radical (unpaired) electrons. The third-order valence-corrected chi connectivity index (χ3v) is 2.45. The molecule has 5 nitrogen and oxygen atoms in total. The molecule has 0 aliphatic heterocycles. The van der Waals surface area contributed by atoms with Crippen molar-refractivity contribution < 1.29 is 9.90 Å². The van der Waals surface area contributed by atoms with Crippen molar-refractivity contribution in [3.8, 4) is 6.07 Å². The summed E-state index contributed by atoms with van der Waals surface area (Å²) < 4.78 is 0. The number of hydrogen-bond donors (Lipinski definition) is 3. The molecule has 0 aliphatic rings. The summed E-state index contributed by atoms with van der Waals surface area (Å²) in [6.07, 6.45) is 0.299. The molecule has 0 heterocycles. The van der Waals surface area contributed by atoms with Crippen molar-refractivity contribution in [2.45, 2.75) is 12.5 Å². The lowest BCUT2D eigenvalue weighted by atomic mass is 10.1. The van der Waals surface area contributed by atoms with E-state index in [-0.39, 0.29) is 25.1 Å². The van der Waals surface area contributed by atoms with Crippen LogP contribution < -0.4 is 10.6 Å². The number of rotatable bonds is 7. The van der Waals surface area contributed by atoms with Gasteiger partial charge in [0.15, 0.2) is 0 Å². The quantitative estimate of drug-likeness (QED) is 0.606. The molecule has 1 aromatic rings. The lowest BCUT2D eigenvalue weighted by Crippen LogP contribution is -2.37. The van der Waals surface area contributed by atoms with E-state index < -0.39 is 0 Å². The number of carbonyl (C=O) groups excluding carboxylic acids is 1. The Bertz CT molecular complexity index is 400. The summed E-state index contributed by atoms with van der Waals surface area (Å²) in [5, 5.41) is 23.2. The molecule has 3 N–H and O–H groups in total. The smallest absolute Gasteiger partial charge is 0.234 e. The molecule has 96 valence electrons. The van der Waals surface area contributed by atoms with E-state index in [1.807, 2.05) is 36.4 Å². The van der Waals surface area contributed by atoms with Crippen LogP contribution in [-0.2, 0) is 4.79 Å². The highest BCUT2D eigenvalue weighted by Crippen LogP contribution is 2.10. The summed E-state index contributed by atoms with van der Waals surface area (Å²) in [5.74, 6) is -0.181. The highest BCUT2D eigenvalue weighted by molar-refractivity contribution is 5.78. The molecular weight excluding hydrogens is 230 g/mol. The van der Waals surface area contributed by atoms with Gasteiger partial charge in [-0.3, -0.25) is 10.1 Å². The van der Waals surface area contributed by atoms with E-state index in [1.54, 1.807) is 0 Å². The minimum atomic E-state index is -0.257. The molecule has 0 aliphatic carbocycles.